The van der Waals surface area contributed by atoms with Crippen molar-refractivity contribution in [3.8, 4) is 0 Å². The molecule has 1 saturated heterocycles. The van der Waals surface area contributed by atoms with Crippen LogP contribution in [0, 0.1) is 6.92 Å². The lowest BCUT2D eigenvalue weighted by molar-refractivity contribution is 0.0628. The summed E-state index contributed by atoms with van der Waals surface area (Å²) in [6, 6.07) is 24.5. The second kappa shape index (κ2) is 10.2. The molecule has 0 saturated carbocycles. The van der Waals surface area contributed by atoms with Gasteiger partial charge in [-0.3, -0.25) is 14.7 Å². The number of benzene rings is 3. The highest BCUT2D eigenvalue weighted by atomic mass is 32.2. The fourth-order valence-corrected chi connectivity index (χ4v) is 6.37. The smallest absolute Gasteiger partial charge is 0.253 e. The molecule has 0 atom stereocenters. The Labute approximate surface area is 212 Å². The number of hydrogen-bond donors (Lipinski definition) is 0. The van der Waals surface area contributed by atoms with Gasteiger partial charge in [0.25, 0.3) is 5.91 Å². The molecule has 1 amide bonds. The molecule has 184 valence electrons. The van der Waals surface area contributed by atoms with Crippen molar-refractivity contribution in [1.29, 1.82) is 0 Å². The lowest BCUT2D eigenvalue weighted by Crippen LogP contribution is -2.48. The zero-order chi connectivity index (χ0) is 25.1. The fraction of sp³-hybridized carbons (Fsp3) is 0.241. The van der Waals surface area contributed by atoms with Gasteiger partial charge in [-0.2, -0.15) is 0 Å². The van der Waals surface area contributed by atoms with E-state index < -0.39 is 9.84 Å². The minimum absolute atomic E-state index is 0.00915. The molecule has 36 heavy (non-hydrogen) atoms. The number of carbonyl (C=O) groups excluding carboxylic acids is 1. The Morgan fingerprint density at radius 2 is 1.64 bits per heavy atom. The number of fused-ring (bicyclic) bond motifs is 1. The van der Waals surface area contributed by atoms with E-state index >= 15 is 0 Å². The monoisotopic (exact) mass is 499 g/mol. The van der Waals surface area contributed by atoms with E-state index in [2.05, 4.69) is 22.0 Å². The van der Waals surface area contributed by atoms with Crippen LogP contribution >= 0.6 is 0 Å². The summed E-state index contributed by atoms with van der Waals surface area (Å²) in [6.45, 7) is 5.76. The molecule has 4 aromatic rings. The van der Waals surface area contributed by atoms with Gasteiger partial charge in [-0.15, -0.1) is 0 Å². The number of nitrogens with zero attached hydrogens (tertiary/aromatic N) is 3. The number of pyridine rings is 1. The van der Waals surface area contributed by atoms with Crippen LogP contribution in [0.3, 0.4) is 0 Å². The number of piperazine rings is 1. The minimum atomic E-state index is -3.61. The topological polar surface area (TPSA) is 70.6 Å². The van der Waals surface area contributed by atoms with Crippen molar-refractivity contribution >= 4 is 26.6 Å². The number of para-hydroxylation sites is 1. The van der Waals surface area contributed by atoms with Crippen LogP contribution in [0.25, 0.3) is 10.9 Å². The standard InChI is InChI=1S/C29H29N3O3S/c1-22-19-25(29(33)32-17-15-31(16-18-32)20-23-7-3-2-4-8-23)12-13-26(22)21-36(34,35)27-11-5-9-24-10-6-14-30-28(24)27/h2-14,19H,15-18,20-21H2,1H3. The van der Waals surface area contributed by atoms with Crippen LogP contribution in [0.1, 0.15) is 27.0 Å². The molecule has 1 aliphatic heterocycles. The third kappa shape index (κ3) is 5.17. The van der Waals surface area contributed by atoms with Crippen molar-refractivity contribution in [2.45, 2.75) is 24.1 Å². The number of rotatable bonds is 6. The number of aromatic nitrogens is 1. The summed E-state index contributed by atoms with van der Waals surface area (Å²) in [4.78, 5) is 21.9. The Hall–Kier alpha value is -3.55. The van der Waals surface area contributed by atoms with Gasteiger partial charge in [0.15, 0.2) is 9.84 Å². The molecular weight excluding hydrogens is 470 g/mol. The second-order valence-electron chi connectivity index (χ2n) is 9.29. The molecular formula is C29H29N3O3S. The summed E-state index contributed by atoms with van der Waals surface area (Å²) in [5, 5.41) is 0.792. The summed E-state index contributed by atoms with van der Waals surface area (Å²) in [5.41, 5.74) is 3.83. The van der Waals surface area contributed by atoms with E-state index in [9.17, 15) is 13.2 Å². The lowest BCUT2D eigenvalue weighted by atomic mass is 10.1. The van der Waals surface area contributed by atoms with Crippen molar-refractivity contribution in [2.75, 3.05) is 26.2 Å². The van der Waals surface area contributed by atoms with Crippen LogP contribution in [0.4, 0.5) is 0 Å². The fourth-order valence-electron chi connectivity index (χ4n) is 4.73. The van der Waals surface area contributed by atoms with Gasteiger partial charge in [0.2, 0.25) is 0 Å². The molecule has 1 fully saturated rings. The normalized spacial score (nSPS) is 14.8. The lowest BCUT2D eigenvalue weighted by Gasteiger charge is -2.35. The Balaban J connectivity index is 1.26. The predicted octanol–water partition coefficient (Wildman–Crippen LogP) is 4.48. The number of aryl methyl sites for hydroxylation is 1. The molecule has 3 aromatic carbocycles. The average molecular weight is 500 g/mol. The Kier molecular flexibility index (Phi) is 6.85. The maximum absolute atomic E-state index is 13.3. The van der Waals surface area contributed by atoms with Gasteiger partial charge in [0.1, 0.15) is 0 Å². The van der Waals surface area contributed by atoms with Crippen LogP contribution in [0.2, 0.25) is 0 Å². The van der Waals surface area contributed by atoms with Crippen molar-refractivity contribution in [2.24, 2.45) is 0 Å². The molecule has 7 heteroatoms. The first-order chi connectivity index (χ1) is 17.4. The maximum atomic E-state index is 13.3. The zero-order valence-electron chi connectivity index (χ0n) is 20.3. The molecule has 0 bridgehead atoms. The first-order valence-corrected chi connectivity index (χ1v) is 13.8. The summed E-state index contributed by atoms with van der Waals surface area (Å²) in [7, 11) is -3.61. The van der Waals surface area contributed by atoms with Crippen molar-refractivity contribution in [3.05, 3.63) is 107 Å². The molecule has 2 heterocycles. The van der Waals surface area contributed by atoms with E-state index in [0.717, 1.165) is 30.6 Å². The molecule has 1 aromatic heterocycles. The maximum Gasteiger partial charge on any atom is 0.253 e. The van der Waals surface area contributed by atoms with Gasteiger partial charge in [0.05, 0.1) is 16.2 Å². The molecule has 0 unspecified atom stereocenters. The van der Waals surface area contributed by atoms with Crippen LogP contribution in [-0.2, 0) is 22.1 Å². The molecule has 0 aliphatic carbocycles. The molecule has 0 N–H and O–H groups in total. The zero-order valence-corrected chi connectivity index (χ0v) is 21.1. The van der Waals surface area contributed by atoms with Gasteiger partial charge < -0.3 is 4.90 Å². The highest BCUT2D eigenvalue weighted by Gasteiger charge is 2.24. The van der Waals surface area contributed by atoms with E-state index in [-0.39, 0.29) is 16.6 Å². The van der Waals surface area contributed by atoms with Gasteiger partial charge in [-0.05, 0) is 47.9 Å². The van der Waals surface area contributed by atoms with E-state index in [4.69, 9.17) is 0 Å². The number of sulfone groups is 1. The summed E-state index contributed by atoms with van der Waals surface area (Å²) in [5.74, 6) is -0.147. The van der Waals surface area contributed by atoms with Gasteiger partial charge >= 0.3 is 0 Å². The first kappa shape index (κ1) is 24.2. The van der Waals surface area contributed by atoms with E-state index in [1.807, 2.05) is 48.2 Å². The summed E-state index contributed by atoms with van der Waals surface area (Å²) in [6.07, 6.45) is 1.61. The quantitative estimate of drug-likeness (QED) is 0.391. The van der Waals surface area contributed by atoms with Crippen LogP contribution < -0.4 is 0 Å². The molecule has 0 spiro atoms. The van der Waals surface area contributed by atoms with Crippen molar-refractivity contribution < 1.29 is 13.2 Å². The SMILES string of the molecule is Cc1cc(C(=O)N2CCN(Cc3ccccc3)CC2)ccc1CS(=O)(=O)c1cccc2cccnc12. The third-order valence-corrected chi connectivity index (χ3v) is 8.46. The highest BCUT2D eigenvalue weighted by Crippen LogP contribution is 2.26. The Morgan fingerprint density at radius 1 is 0.889 bits per heavy atom. The van der Waals surface area contributed by atoms with Gasteiger partial charge in [-0.25, -0.2) is 8.42 Å². The first-order valence-electron chi connectivity index (χ1n) is 12.1. The van der Waals surface area contributed by atoms with Crippen LogP contribution in [0.5, 0.6) is 0 Å². The second-order valence-corrected chi connectivity index (χ2v) is 11.2. The number of amides is 1. The van der Waals surface area contributed by atoms with Gasteiger partial charge in [0, 0.05) is 49.9 Å². The minimum Gasteiger partial charge on any atom is -0.336 e. The molecule has 5 rings (SSSR count). The van der Waals surface area contributed by atoms with Crippen molar-refractivity contribution in [1.82, 2.24) is 14.8 Å². The van der Waals surface area contributed by atoms with E-state index in [0.29, 0.717) is 29.7 Å². The van der Waals surface area contributed by atoms with E-state index in [1.54, 1.807) is 36.5 Å². The number of carbonyl (C=O) groups is 1. The van der Waals surface area contributed by atoms with Crippen LogP contribution in [-0.4, -0.2) is 55.3 Å². The van der Waals surface area contributed by atoms with Crippen molar-refractivity contribution in [3.63, 3.8) is 0 Å². The van der Waals surface area contributed by atoms with E-state index in [1.165, 1.54) is 5.56 Å². The average Bonchev–Trinajstić information content (AvgIpc) is 2.90. The predicted molar refractivity (Wildman–Crippen MR) is 141 cm³/mol. The molecule has 1 aliphatic rings. The number of hydrogen-bond acceptors (Lipinski definition) is 5. The highest BCUT2D eigenvalue weighted by molar-refractivity contribution is 7.90. The van der Waals surface area contributed by atoms with Gasteiger partial charge in [-0.1, -0.05) is 54.6 Å². The Bertz CT molecular complexity index is 1490. The third-order valence-electron chi connectivity index (χ3n) is 6.77. The largest absolute Gasteiger partial charge is 0.336 e. The van der Waals surface area contributed by atoms with Crippen LogP contribution in [0.15, 0.2) is 90.0 Å². The molecule has 6 nitrogen and oxygen atoms in total. The molecule has 0 radical (unpaired) electrons. The summed E-state index contributed by atoms with van der Waals surface area (Å²) >= 11 is 0. The Morgan fingerprint density at radius 3 is 2.39 bits per heavy atom. The summed E-state index contributed by atoms with van der Waals surface area (Å²) < 4.78 is 26.6.